The van der Waals surface area contributed by atoms with E-state index >= 15 is 0 Å². The molecule has 136 valence electrons. The summed E-state index contributed by atoms with van der Waals surface area (Å²) >= 11 is 0. The maximum Gasteiger partial charge on any atom is 0.317 e. The van der Waals surface area contributed by atoms with Crippen molar-refractivity contribution in [2.24, 2.45) is 5.92 Å². The van der Waals surface area contributed by atoms with E-state index in [4.69, 9.17) is 5.11 Å². The molecule has 0 bridgehead atoms. The van der Waals surface area contributed by atoms with E-state index in [1.165, 1.54) is 12.0 Å². The predicted octanol–water partition coefficient (Wildman–Crippen LogP) is 3.44. The molecule has 0 radical (unpaired) electrons. The molecular formula is C21H30N2O2. The molecule has 1 aromatic rings. The van der Waals surface area contributed by atoms with Gasteiger partial charge in [-0.3, -0.25) is 4.79 Å². The van der Waals surface area contributed by atoms with E-state index < -0.39 is 5.97 Å². The monoisotopic (exact) mass is 342 g/mol. The van der Waals surface area contributed by atoms with Gasteiger partial charge in [0.1, 0.15) is 0 Å². The number of hydrogen-bond acceptors (Lipinski definition) is 3. The van der Waals surface area contributed by atoms with Crippen LogP contribution in [-0.2, 0) is 4.79 Å². The summed E-state index contributed by atoms with van der Waals surface area (Å²) < 4.78 is 0. The Balaban J connectivity index is 1.44. The number of benzene rings is 1. The Morgan fingerprint density at radius 3 is 2.48 bits per heavy atom. The summed E-state index contributed by atoms with van der Waals surface area (Å²) in [7, 11) is 0. The maximum absolute atomic E-state index is 10.6. The van der Waals surface area contributed by atoms with Crippen LogP contribution in [0, 0.1) is 5.92 Å². The summed E-state index contributed by atoms with van der Waals surface area (Å²) in [4.78, 5) is 10.6. The molecule has 2 aliphatic carbocycles. The first-order chi connectivity index (χ1) is 12.2. The summed E-state index contributed by atoms with van der Waals surface area (Å²) in [5.74, 6) is -0.0774. The van der Waals surface area contributed by atoms with Gasteiger partial charge in [0.2, 0.25) is 0 Å². The van der Waals surface area contributed by atoms with Gasteiger partial charge in [-0.15, -0.1) is 0 Å². The minimum absolute atomic E-state index is 0.0810. The number of carboxylic acids is 1. The fourth-order valence-corrected chi connectivity index (χ4v) is 4.02. The normalized spacial score (nSPS) is 29.4. The van der Waals surface area contributed by atoms with Gasteiger partial charge in [-0.25, -0.2) is 0 Å². The first-order valence-electron chi connectivity index (χ1n) is 9.62. The maximum atomic E-state index is 10.6. The first-order valence-corrected chi connectivity index (χ1v) is 9.62. The molecule has 3 rings (SSSR count). The molecule has 0 aromatic heterocycles. The van der Waals surface area contributed by atoms with Crippen molar-refractivity contribution < 1.29 is 9.90 Å². The Morgan fingerprint density at radius 1 is 1.16 bits per heavy atom. The molecule has 0 amide bonds. The van der Waals surface area contributed by atoms with Gasteiger partial charge < -0.3 is 15.7 Å². The van der Waals surface area contributed by atoms with Gasteiger partial charge in [0.15, 0.2) is 0 Å². The minimum Gasteiger partial charge on any atom is -0.480 e. The lowest BCUT2D eigenvalue weighted by Gasteiger charge is -2.29. The van der Waals surface area contributed by atoms with E-state index in [9.17, 15) is 4.79 Å². The standard InChI is InChI=1S/C21H30N2O2/c1-2-16(12-15-6-4-3-5-7-15)19-13-20(19)23-18-10-8-17(9-11-18)22-14-21(24)25/h3-7,12,17-20,22-23H,2,8-11,13-14H2,1H3,(H,24,25)/t17-,18-,19-,20+/m0/s1. The second kappa shape index (κ2) is 8.63. The van der Waals surface area contributed by atoms with Crippen molar-refractivity contribution in [3.63, 3.8) is 0 Å². The molecule has 25 heavy (non-hydrogen) atoms. The van der Waals surface area contributed by atoms with Crippen molar-refractivity contribution >= 4 is 12.0 Å². The summed E-state index contributed by atoms with van der Waals surface area (Å²) in [5, 5.41) is 15.7. The SMILES string of the molecule is CCC(=Cc1ccccc1)[C@@H]1C[C@H]1N[C@H]1CC[C@H](NCC(=O)O)CC1. The van der Waals surface area contributed by atoms with Gasteiger partial charge in [0.05, 0.1) is 6.54 Å². The smallest absolute Gasteiger partial charge is 0.317 e. The van der Waals surface area contributed by atoms with E-state index in [1.54, 1.807) is 5.57 Å². The van der Waals surface area contributed by atoms with Crippen LogP contribution in [0.4, 0.5) is 0 Å². The van der Waals surface area contributed by atoms with Crippen molar-refractivity contribution in [3.05, 3.63) is 41.5 Å². The molecule has 0 saturated heterocycles. The second-order valence-electron chi connectivity index (χ2n) is 7.42. The molecule has 2 fully saturated rings. The fraction of sp³-hybridized carbons (Fsp3) is 0.571. The van der Waals surface area contributed by atoms with Crippen molar-refractivity contribution in [1.29, 1.82) is 0 Å². The highest BCUT2D eigenvalue weighted by atomic mass is 16.4. The predicted molar refractivity (Wildman–Crippen MR) is 101 cm³/mol. The fourth-order valence-electron chi connectivity index (χ4n) is 4.02. The van der Waals surface area contributed by atoms with E-state index in [-0.39, 0.29) is 6.54 Å². The molecule has 2 saturated carbocycles. The van der Waals surface area contributed by atoms with Crippen LogP contribution in [0.5, 0.6) is 0 Å². The lowest BCUT2D eigenvalue weighted by molar-refractivity contribution is -0.136. The highest BCUT2D eigenvalue weighted by Crippen LogP contribution is 2.40. The Morgan fingerprint density at radius 2 is 1.84 bits per heavy atom. The third kappa shape index (κ3) is 5.41. The molecule has 4 nitrogen and oxygen atoms in total. The number of rotatable bonds is 8. The first kappa shape index (κ1) is 18.2. The number of aliphatic carboxylic acids is 1. The van der Waals surface area contributed by atoms with Crippen LogP contribution in [0.3, 0.4) is 0 Å². The summed E-state index contributed by atoms with van der Waals surface area (Å²) in [6, 6.07) is 12.2. The van der Waals surface area contributed by atoms with E-state index in [0.29, 0.717) is 24.0 Å². The topological polar surface area (TPSA) is 61.4 Å². The van der Waals surface area contributed by atoms with Crippen molar-refractivity contribution in [2.45, 2.75) is 63.6 Å². The van der Waals surface area contributed by atoms with E-state index in [0.717, 1.165) is 32.1 Å². The molecule has 1 aromatic carbocycles. The van der Waals surface area contributed by atoms with Crippen molar-refractivity contribution in [2.75, 3.05) is 6.54 Å². The largest absolute Gasteiger partial charge is 0.480 e. The third-order valence-electron chi connectivity index (χ3n) is 5.55. The van der Waals surface area contributed by atoms with Gasteiger partial charge in [-0.2, -0.15) is 0 Å². The highest BCUT2D eigenvalue weighted by Gasteiger charge is 2.40. The van der Waals surface area contributed by atoms with Crippen molar-refractivity contribution in [1.82, 2.24) is 10.6 Å². The van der Waals surface area contributed by atoms with Crippen LogP contribution in [0.2, 0.25) is 0 Å². The van der Waals surface area contributed by atoms with Crippen molar-refractivity contribution in [3.8, 4) is 0 Å². The minimum atomic E-state index is -0.765. The third-order valence-corrected chi connectivity index (χ3v) is 5.55. The van der Waals surface area contributed by atoms with Gasteiger partial charge in [-0.1, -0.05) is 48.9 Å². The van der Waals surface area contributed by atoms with Gasteiger partial charge in [-0.05, 0) is 50.0 Å². The van der Waals surface area contributed by atoms with Crippen LogP contribution in [0.25, 0.3) is 6.08 Å². The van der Waals surface area contributed by atoms with Crippen LogP contribution in [0.15, 0.2) is 35.9 Å². The molecule has 0 unspecified atom stereocenters. The zero-order chi connectivity index (χ0) is 17.6. The second-order valence-corrected chi connectivity index (χ2v) is 7.42. The average molecular weight is 342 g/mol. The molecular weight excluding hydrogens is 312 g/mol. The number of nitrogens with one attached hydrogen (secondary N) is 2. The van der Waals surface area contributed by atoms with Crippen LogP contribution < -0.4 is 10.6 Å². The van der Waals surface area contributed by atoms with Gasteiger partial charge >= 0.3 is 5.97 Å². The zero-order valence-corrected chi connectivity index (χ0v) is 15.1. The Labute approximate surface area is 150 Å². The average Bonchev–Trinajstić information content (AvgIpc) is 3.39. The Kier molecular flexibility index (Phi) is 6.27. The molecule has 4 heteroatoms. The lowest BCUT2D eigenvalue weighted by atomic mass is 9.91. The molecule has 2 atom stereocenters. The van der Waals surface area contributed by atoms with Crippen LogP contribution >= 0.6 is 0 Å². The molecule has 0 heterocycles. The summed E-state index contributed by atoms with van der Waals surface area (Å²) in [5.41, 5.74) is 2.86. The van der Waals surface area contributed by atoms with Gasteiger partial charge in [0, 0.05) is 18.1 Å². The summed E-state index contributed by atoms with van der Waals surface area (Å²) in [6.07, 6.45) is 9.16. The number of carboxylic acid groups (broad SMARTS) is 1. The Hall–Kier alpha value is -1.65. The molecule has 3 N–H and O–H groups in total. The Bertz CT molecular complexity index is 591. The number of hydrogen-bond donors (Lipinski definition) is 3. The molecule has 2 aliphatic rings. The van der Waals surface area contributed by atoms with E-state index in [2.05, 4.69) is 54.0 Å². The lowest BCUT2D eigenvalue weighted by Crippen LogP contribution is -2.42. The number of carbonyl (C=O) groups is 1. The summed E-state index contributed by atoms with van der Waals surface area (Å²) in [6.45, 7) is 2.33. The van der Waals surface area contributed by atoms with Crippen LogP contribution in [0.1, 0.15) is 51.0 Å². The quantitative estimate of drug-likeness (QED) is 0.677. The molecule has 0 spiro atoms. The van der Waals surface area contributed by atoms with E-state index in [1.807, 2.05) is 0 Å². The van der Waals surface area contributed by atoms with Crippen LogP contribution in [-0.4, -0.2) is 35.7 Å². The zero-order valence-electron chi connectivity index (χ0n) is 15.1. The van der Waals surface area contributed by atoms with Gasteiger partial charge in [0.25, 0.3) is 0 Å². The highest BCUT2D eigenvalue weighted by molar-refractivity contribution is 5.69. The molecule has 0 aliphatic heterocycles.